The summed E-state index contributed by atoms with van der Waals surface area (Å²) in [6, 6.07) is 0. The number of nitrogens with one attached hydrogen (secondary N) is 1. The molecule has 0 bridgehead atoms. The fraction of sp³-hybridized carbons (Fsp3) is 1.00. The van der Waals surface area contributed by atoms with Crippen LogP contribution < -0.4 is 5.32 Å². The number of hydrogen-bond donors (Lipinski definition) is 1. The molecule has 0 aromatic carbocycles. The van der Waals surface area contributed by atoms with Crippen LogP contribution in [0.15, 0.2) is 0 Å². The molecular weight excluding hydrogens is 174 g/mol. The van der Waals surface area contributed by atoms with Crippen LogP contribution in [-0.2, 0) is 4.74 Å². The van der Waals surface area contributed by atoms with Crippen molar-refractivity contribution in [1.29, 1.82) is 0 Å². The lowest BCUT2D eigenvalue weighted by Crippen LogP contribution is -2.36. The molecule has 14 heavy (non-hydrogen) atoms. The van der Waals surface area contributed by atoms with Crippen LogP contribution in [0.2, 0.25) is 0 Å². The normalized spacial score (nSPS) is 17.4. The molecule has 0 amide bonds. The summed E-state index contributed by atoms with van der Waals surface area (Å²) in [6.45, 7) is 9.53. The Labute approximate surface area is 88.4 Å². The Kier molecular flexibility index (Phi) is 4.90. The summed E-state index contributed by atoms with van der Waals surface area (Å²) >= 11 is 0. The standard InChI is InChI=1S/C12H25NO/c1-12(2,3)13-8-4-9-14-10-7-11-5-6-11/h11,13H,4-10H2,1-3H3. The first kappa shape index (κ1) is 12.0. The van der Waals surface area contributed by atoms with Gasteiger partial charge in [-0.15, -0.1) is 0 Å². The van der Waals surface area contributed by atoms with Crippen LogP contribution in [0, 0.1) is 5.92 Å². The van der Waals surface area contributed by atoms with Gasteiger partial charge in [-0.1, -0.05) is 12.8 Å². The Morgan fingerprint density at radius 2 is 1.93 bits per heavy atom. The molecule has 0 aromatic heterocycles. The molecule has 0 aromatic rings. The zero-order valence-electron chi connectivity index (χ0n) is 9.94. The second kappa shape index (κ2) is 5.72. The van der Waals surface area contributed by atoms with Gasteiger partial charge in [0.25, 0.3) is 0 Å². The van der Waals surface area contributed by atoms with Gasteiger partial charge in [-0.2, -0.15) is 0 Å². The van der Waals surface area contributed by atoms with E-state index in [1.807, 2.05) is 0 Å². The number of rotatable bonds is 7. The minimum absolute atomic E-state index is 0.244. The lowest BCUT2D eigenvalue weighted by molar-refractivity contribution is 0.124. The fourth-order valence-corrected chi connectivity index (χ4v) is 1.40. The van der Waals surface area contributed by atoms with E-state index in [2.05, 4.69) is 26.1 Å². The van der Waals surface area contributed by atoms with Gasteiger partial charge in [-0.05, 0) is 46.1 Å². The van der Waals surface area contributed by atoms with Crippen molar-refractivity contribution in [2.45, 2.75) is 52.0 Å². The highest BCUT2D eigenvalue weighted by Crippen LogP contribution is 2.31. The van der Waals surface area contributed by atoms with Gasteiger partial charge < -0.3 is 10.1 Å². The predicted molar refractivity (Wildman–Crippen MR) is 60.5 cm³/mol. The van der Waals surface area contributed by atoms with Gasteiger partial charge in [0.1, 0.15) is 0 Å². The van der Waals surface area contributed by atoms with Crippen molar-refractivity contribution in [1.82, 2.24) is 5.32 Å². The molecule has 0 saturated heterocycles. The molecule has 2 heteroatoms. The molecule has 1 saturated carbocycles. The topological polar surface area (TPSA) is 21.3 Å². The fourth-order valence-electron chi connectivity index (χ4n) is 1.40. The Hall–Kier alpha value is -0.0800. The summed E-state index contributed by atoms with van der Waals surface area (Å²) in [5.41, 5.74) is 0.244. The third-order valence-corrected chi connectivity index (χ3v) is 2.49. The second-order valence-corrected chi connectivity index (χ2v) is 5.37. The average molecular weight is 199 g/mol. The van der Waals surface area contributed by atoms with E-state index < -0.39 is 0 Å². The molecule has 0 heterocycles. The van der Waals surface area contributed by atoms with Crippen LogP contribution in [0.3, 0.4) is 0 Å². The van der Waals surface area contributed by atoms with E-state index >= 15 is 0 Å². The van der Waals surface area contributed by atoms with Crippen molar-refractivity contribution in [3.8, 4) is 0 Å². The molecular formula is C12H25NO. The largest absolute Gasteiger partial charge is 0.381 e. The van der Waals surface area contributed by atoms with Crippen molar-refractivity contribution in [3.63, 3.8) is 0 Å². The third kappa shape index (κ3) is 7.34. The predicted octanol–water partition coefficient (Wildman–Crippen LogP) is 2.58. The third-order valence-electron chi connectivity index (χ3n) is 2.49. The van der Waals surface area contributed by atoms with Crippen molar-refractivity contribution < 1.29 is 4.74 Å². The van der Waals surface area contributed by atoms with E-state index in [0.717, 1.165) is 32.1 Å². The van der Waals surface area contributed by atoms with Crippen LogP contribution in [0.5, 0.6) is 0 Å². The van der Waals surface area contributed by atoms with Gasteiger partial charge in [-0.25, -0.2) is 0 Å². The summed E-state index contributed by atoms with van der Waals surface area (Å²) in [7, 11) is 0. The summed E-state index contributed by atoms with van der Waals surface area (Å²) in [5, 5.41) is 3.45. The van der Waals surface area contributed by atoms with Gasteiger partial charge in [0, 0.05) is 18.8 Å². The quantitative estimate of drug-likeness (QED) is 0.636. The highest BCUT2D eigenvalue weighted by atomic mass is 16.5. The van der Waals surface area contributed by atoms with Crippen LogP contribution in [0.25, 0.3) is 0 Å². The van der Waals surface area contributed by atoms with E-state index in [1.54, 1.807) is 0 Å². The molecule has 1 N–H and O–H groups in total. The summed E-state index contributed by atoms with van der Waals surface area (Å²) in [5.74, 6) is 1.00. The first-order valence-electron chi connectivity index (χ1n) is 5.91. The van der Waals surface area contributed by atoms with Gasteiger partial charge in [0.15, 0.2) is 0 Å². The Morgan fingerprint density at radius 3 is 2.50 bits per heavy atom. The smallest absolute Gasteiger partial charge is 0.0478 e. The van der Waals surface area contributed by atoms with Crippen LogP contribution in [-0.4, -0.2) is 25.3 Å². The van der Waals surface area contributed by atoms with E-state index in [9.17, 15) is 0 Å². The maximum atomic E-state index is 5.56. The number of ether oxygens (including phenoxy) is 1. The van der Waals surface area contributed by atoms with Gasteiger partial charge in [0.05, 0.1) is 0 Å². The zero-order chi connectivity index (χ0) is 10.4. The second-order valence-electron chi connectivity index (χ2n) is 5.37. The van der Waals surface area contributed by atoms with Crippen LogP contribution in [0.4, 0.5) is 0 Å². The van der Waals surface area contributed by atoms with E-state index in [1.165, 1.54) is 19.3 Å². The molecule has 84 valence electrons. The van der Waals surface area contributed by atoms with E-state index in [0.29, 0.717) is 0 Å². The first-order valence-corrected chi connectivity index (χ1v) is 5.91. The summed E-state index contributed by atoms with van der Waals surface area (Å²) < 4.78 is 5.56. The number of hydrogen-bond acceptors (Lipinski definition) is 2. The lowest BCUT2D eigenvalue weighted by atomic mass is 10.1. The summed E-state index contributed by atoms with van der Waals surface area (Å²) in [6.07, 6.45) is 5.29. The average Bonchev–Trinajstić information content (AvgIpc) is 2.84. The van der Waals surface area contributed by atoms with E-state index in [4.69, 9.17) is 4.74 Å². The molecule has 1 aliphatic rings. The molecule has 0 spiro atoms. The minimum Gasteiger partial charge on any atom is -0.381 e. The summed E-state index contributed by atoms with van der Waals surface area (Å²) in [4.78, 5) is 0. The van der Waals surface area contributed by atoms with Gasteiger partial charge >= 0.3 is 0 Å². The van der Waals surface area contributed by atoms with Crippen molar-refractivity contribution in [2.24, 2.45) is 5.92 Å². The Morgan fingerprint density at radius 1 is 1.21 bits per heavy atom. The maximum Gasteiger partial charge on any atom is 0.0478 e. The molecule has 0 aliphatic heterocycles. The highest BCUT2D eigenvalue weighted by Gasteiger charge is 2.20. The molecule has 2 nitrogen and oxygen atoms in total. The minimum atomic E-state index is 0.244. The molecule has 1 aliphatic carbocycles. The zero-order valence-corrected chi connectivity index (χ0v) is 9.94. The highest BCUT2D eigenvalue weighted by molar-refractivity contribution is 4.72. The van der Waals surface area contributed by atoms with Gasteiger partial charge in [-0.3, -0.25) is 0 Å². The molecule has 1 rings (SSSR count). The maximum absolute atomic E-state index is 5.56. The van der Waals surface area contributed by atoms with Crippen LogP contribution in [0.1, 0.15) is 46.5 Å². The Bertz CT molecular complexity index is 147. The SMILES string of the molecule is CC(C)(C)NCCCOCCC1CC1. The van der Waals surface area contributed by atoms with Crippen LogP contribution >= 0.6 is 0 Å². The van der Waals surface area contributed by atoms with Crippen molar-refractivity contribution in [2.75, 3.05) is 19.8 Å². The Balaban J connectivity index is 1.75. The molecule has 0 atom stereocenters. The van der Waals surface area contributed by atoms with E-state index in [-0.39, 0.29) is 5.54 Å². The molecule has 0 unspecified atom stereocenters. The molecule has 1 fully saturated rings. The van der Waals surface area contributed by atoms with Gasteiger partial charge in [0.2, 0.25) is 0 Å². The lowest BCUT2D eigenvalue weighted by Gasteiger charge is -2.20. The first-order chi connectivity index (χ1) is 6.58. The monoisotopic (exact) mass is 199 g/mol. The van der Waals surface area contributed by atoms with Crippen molar-refractivity contribution >= 4 is 0 Å². The van der Waals surface area contributed by atoms with Crippen molar-refractivity contribution in [3.05, 3.63) is 0 Å². The molecule has 0 radical (unpaired) electrons.